The van der Waals surface area contributed by atoms with Gasteiger partial charge in [-0.05, 0) is 73.8 Å². The van der Waals surface area contributed by atoms with Crippen LogP contribution in [0.3, 0.4) is 0 Å². The van der Waals surface area contributed by atoms with Gasteiger partial charge in [-0.25, -0.2) is 14.0 Å². The normalized spacial score (nSPS) is 32.4. The van der Waals surface area contributed by atoms with Crippen molar-refractivity contribution in [3.05, 3.63) is 81.7 Å². The molecule has 2 fully saturated rings. The fourth-order valence-corrected chi connectivity index (χ4v) is 8.63. The van der Waals surface area contributed by atoms with Crippen molar-refractivity contribution in [1.29, 1.82) is 5.26 Å². The number of esters is 2. The standard InChI is InChI=1S/C36H37FN2O8/c1-19-10-11-34(3)27(35(19,4)18-44-20(2)40)15-28(46-32(42)21-8-9-22(16-38)24(37)13-21)36(5)31(34)30(41)29-26(47-36)14-25(45-33(29)43)23-7-6-12-39-17-23/h6-9,12-14,17,19,27-28,30-31,41H,10-11,15,18H2,1-5H3/t19-,27?,28-,30-,31?,34-,35?,36+/m0/s1. The largest absolute Gasteiger partial charge is 0.482 e. The summed E-state index contributed by atoms with van der Waals surface area (Å²) in [7, 11) is 0. The zero-order chi connectivity index (χ0) is 33.9. The molecule has 10 nitrogen and oxygen atoms in total. The molecular weight excluding hydrogens is 607 g/mol. The van der Waals surface area contributed by atoms with E-state index < -0.39 is 57.9 Å². The third-order valence-corrected chi connectivity index (χ3v) is 11.2. The molecule has 11 heteroatoms. The summed E-state index contributed by atoms with van der Waals surface area (Å²) in [4.78, 5) is 43.3. The molecule has 0 spiro atoms. The number of pyridine rings is 1. The molecule has 2 aliphatic carbocycles. The SMILES string of the molecule is CC(=O)OCC1(C)C2C[C@H](OC(=O)c3ccc(C#N)c(F)c3)[C@@]3(C)Oc4cc(-c5cccnc5)oc(=O)c4[C@H](O)C3[C@@]2(C)CC[C@@H]1C. The fraction of sp³-hybridized carbons (Fsp3) is 0.472. The number of aromatic nitrogens is 1. The summed E-state index contributed by atoms with van der Waals surface area (Å²) in [6.45, 7) is 9.41. The van der Waals surface area contributed by atoms with Gasteiger partial charge in [0.25, 0.3) is 0 Å². The lowest BCUT2D eigenvalue weighted by atomic mass is 9.41. The van der Waals surface area contributed by atoms with Crippen LogP contribution in [-0.4, -0.2) is 40.3 Å². The first-order valence-electron chi connectivity index (χ1n) is 15.7. The molecule has 0 amide bonds. The summed E-state index contributed by atoms with van der Waals surface area (Å²) < 4.78 is 38.8. The van der Waals surface area contributed by atoms with E-state index >= 15 is 0 Å². The van der Waals surface area contributed by atoms with Crippen molar-refractivity contribution < 1.29 is 37.7 Å². The maximum Gasteiger partial charge on any atom is 0.345 e. The van der Waals surface area contributed by atoms with Crippen molar-refractivity contribution in [2.75, 3.05) is 6.61 Å². The zero-order valence-corrected chi connectivity index (χ0v) is 26.9. The van der Waals surface area contributed by atoms with Gasteiger partial charge in [-0.15, -0.1) is 0 Å². The van der Waals surface area contributed by atoms with Crippen LogP contribution in [0, 0.1) is 45.7 Å². The van der Waals surface area contributed by atoms with Gasteiger partial charge in [0.15, 0.2) is 0 Å². The summed E-state index contributed by atoms with van der Waals surface area (Å²) in [6, 6.07) is 10.2. The molecule has 3 unspecified atom stereocenters. The van der Waals surface area contributed by atoms with E-state index in [-0.39, 0.29) is 53.1 Å². The number of ether oxygens (including phenoxy) is 3. The average molecular weight is 645 g/mol. The molecule has 2 saturated carbocycles. The van der Waals surface area contributed by atoms with Gasteiger partial charge in [0.1, 0.15) is 40.7 Å². The monoisotopic (exact) mass is 644 g/mol. The van der Waals surface area contributed by atoms with Crippen LogP contribution in [0.15, 0.2) is 58.0 Å². The van der Waals surface area contributed by atoms with Crippen LogP contribution >= 0.6 is 0 Å². The molecule has 1 N–H and O–H groups in total. The van der Waals surface area contributed by atoms with Gasteiger partial charge in [-0.2, -0.15) is 5.26 Å². The number of aliphatic hydroxyl groups excluding tert-OH is 1. The minimum Gasteiger partial charge on any atom is -0.482 e. The van der Waals surface area contributed by atoms with Gasteiger partial charge < -0.3 is 23.7 Å². The zero-order valence-electron chi connectivity index (χ0n) is 26.9. The molecule has 3 heterocycles. The number of carbonyl (C=O) groups is 2. The van der Waals surface area contributed by atoms with Gasteiger partial charge in [-0.1, -0.05) is 20.8 Å². The quantitative estimate of drug-likeness (QED) is 0.340. The smallest absolute Gasteiger partial charge is 0.345 e. The van der Waals surface area contributed by atoms with Crippen LogP contribution in [0.4, 0.5) is 4.39 Å². The lowest BCUT2D eigenvalue weighted by Crippen LogP contribution is -2.70. The number of fused-ring (bicyclic) bond motifs is 4. The van der Waals surface area contributed by atoms with E-state index in [1.165, 1.54) is 31.3 Å². The first kappa shape index (κ1) is 32.4. The van der Waals surface area contributed by atoms with E-state index in [0.717, 1.165) is 12.5 Å². The Morgan fingerprint density at radius 2 is 1.98 bits per heavy atom. The Kier molecular flexibility index (Phi) is 7.99. The van der Waals surface area contributed by atoms with Crippen molar-refractivity contribution >= 4 is 11.9 Å². The Morgan fingerprint density at radius 3 is 2.64 bits per heavy atom. The van der Waals surface area contributed by atoms with Crippen LogP contribution in [-0.2, 0) is 14.3 Å². The van der Waals surface area contributed by atoms with E-state index in [0.29, 0.717) is 12.0 Å². The fourth-order valence-electron chi connectivity index (χ4n) is 8.63. The Hall–Kier alpha value is -4.56. The van der Waals surface area contributed by atoms with E-state index in [9.17, 15) is 23.9 Å². The minimum absolute atomic E-state index is 0.0264. The van der Waals surface area contributed by atoms with Crippen LogP contribution in [0.25, 0.3) is 11.3 Å². The molecule has 0 saturated heterocycles. The predicted molar refractivity (Wildman–Crippen MR) is 165 cm³/mol. The van der Waals surface area contributed by atoms with Gasteiger partial charge >= 0.3 is 17.6 Å². The molecule has 0 bridgehead atoms. The van der Waals surface area contributed by atoms with Gasteiger partial charge in [-0.3, -0.25) is 9.78 Å². The van der Waals surface area contributed by atoms with Crippen LogP contribution in [0.2, 0.25) is 0 Å². The highest BCUT2D eigenvalue weighted by Gasteiger charge is 2.70. The molecular formula is C36H37FN2O8. The van der Waals surface area contributed by atoms with E-state index in [4.69, 9.17) is 23.9 Å². The second kappa shape index (κ2) is 11.6. The Bertz CT molecular complexity index is 1840. The number of halogens is 1. The number of benzene rings is 1. The summed E-state index contributed by atoms with van der Waals surface area (Å²) >= 11 is 0. The second-order valence-electron chi connectivity index (χ2n) is 13.8. The lowest BCUT2D eigenvalue weighted by molar-refractivity contribution is -0.257. The molecule has 8 atom stereocenters. The summed E-state index contributed by atoms with van der Waals surface area (Å²) in [5, 5.41) is 21.4. The summed E-state index contributed by atoms with van der Waals surface area (Å²) in [6.07, 6.45) is 2.45. The predicted octanol–water partition coefficient (Wildman–Crippen LogP) is 5.76. The molecule has 2 aromatic heterocycles. The Balaban J connectivity index is 1.49. The second-order valence-corrected chi connectivity index (χ2v) is 13.8. The van der Waals surface area contributed by atoms with E-state index in [1.807, 2.05) is 6.92 Å². The lowest BCUT2D eigenvalue weighted by Gasteiger charge is -2.66. The highest BCUT2D eigenvalue weighted by atomic mass is 19.1. The number of aliphatic hydroxyl groups is 1. The number of nitrogens with zero attached hydrogens (tertiary/aromatic N) is 2. The molecule has 0 radical (unpaired) electrons. The van der Waals surface area contributed by atoms with E-state index in [2.05, 4.69) is 18.8 Å². The Morgan fingerprint density at radius 1 is 1.21 bits per heavy atom. The minimum atomic E-state index is -1.37. The maximum absolute atomic E-state index is 14.6. The van der Waals surface area contributed by atoms with Crippen molar-refractivity contribution in [1.82, 2.24) is 4.98 Å². The third kappa shape index (κ3) is 5.19. The molecule has 6 rings (SSSR count). The summed E-state index contributed by atoms with van der Waals surface area (Å²) in [5.74, 6) is -2.77. The molecule has 47 heavy (non-hydrogen) atoms. The van der Waals surface area contributed by atoms with Crippen LogP contribution in [0.1, 0.15) is 81.5 Å². The number of rotatable bonds is 5. The van der Waals surface area contributed by atoms with Crippen molar-refractivity contribution in [2.24, 2.45) is 28.6 Å². The van der Waals surface area contributed by atoms with Gasteiger partial charge in [0.2, 0.25) is 0 Å². The molecule has 3 aromatic rings. The number of carbonyl (C=O) groups excluding carboxylic acids is 2. The highest BCUT2D eigenvalue weighted by molar-refractivity contribution is 5.89. The van der Waals surface area contributed by atoms with Crippen molar-refractivity contribution in [3.63, 3.8) is 0 Å². The molecule has 3 aliphatic rings. The van der Waals surface area contributed by atoms with Gasteiger partial charge in [0, 0.05) is 42.3 Å². The maximum atomic E-state index is 14.6. The highest BCUT2D eigenvalue weighted by Crippen LogP contribution is 2.68. The molecule has 1 aliphatic heterocycles. The topological polar surface area (TPSA) is 149 Å². The summed E-state index contributed by atoms with van der Waals surface area (Å²) in [5.41, 5.74) is -3.19. The molecule has 246 valence electrons. The molecule has 1 aromatic carbocycles. The third-order valence-electron chi connectivity index (χ3n) is 11.2. The number of hydrogen-bond acceptors (Lipinski definition) is 10. The number of nitriles is 1. The van der Waals surface area contributed by atoms with E-state index in [1.54, 1.807) is 31.3 Å². The Labute approximate surface area is 271 Å². The van der Waals surface area contributed by atoms with Gasteiger partial charge in [0.05, 0.1) is 23.8 Å². The van der Waals surface area contributed by atoms with Crippen LogP contribution in [0.5, 0.6) is 5.75 Å². The number of hydrogen-bond donors (Lipinski definition) is 1. The first-order valence-corrected chi connectivity index (χ1v) is 15.7. The van der Waals surface area contributed by atoms with Crippen molar-refractivity contribution in [3.8, 4) is 23.1 Å². The first-order chi connectivity index (χ1) is 22.2. The average Bonchev–Trinajstić information content (AvgIpc) is 3.03. The van der Waals surface area contributed by atoms with Crippen LogP contribution < -0.4 is 10.4 Å². The van der Waals surface area contributed by atoms with Crippen molar-refractivity contribution in [2.45, 2.75) is 71.7 Å².